The number of phenolic OH excluding ortho intramolecular Hbond substituents is 1. The Morgan fingerprint density at radius 3 is 2.42 bits per heavy atom. The van der Waals surface area contributed by atoms with E-state index in [9.17, 15) is 9.90 Å². The molecule has 5 rings (SSSR count). The zero-order valence-corrected chi connectivity index (χ0v) is 21.2. The molecule has 1 atom stereocenters. The molecule has 1 N–H and O–H groups in total. The molecule has 1 unspecified atom stereocenters. The van der Waals surface area contributed by atoms with Gasteiger partial charge in [0, 0.05) is 22.9 Å². The van der Waals surface area contributed by atoms with Crippen LogP contribution in [0, 0.1) is 0 Å². The molecule has 0 amide bonds. The van der Waals surface area contributed by atoms with Crippen molar-refractivity contribution >= 4 is 22.4 Å². The summed E-state index contributed by atoms with van der Waals surface area (Å²) in [5.41, 5.74) is 3.29. The summed E-state index contributed by atoms with van der Waals surface area (Å²) in [5, 5.41) is 16.7. The van der Waals surface area contributed by atoms with Crippen LogP contribution in [0.15, 0.2) is 77.6 Å². The van der Waals surface area contributed by atoms with Gasteiger partial charge >= 0.3 is 0 Å². The number of phenols is 1. The molecule has 186 valence electrons. The summed E-state index contributed by atoms with van der Waals surface area (Å²) in [6, 6.07) is 23.5. The number of hydrogen-bond donors (Lipinski definition) is 1. The number of benzene rings is 3. The molecular formula is C30H32ClN3O2. The van der Waals surface area contributed by atoms with Crippen LogP contribution >= 0.6 is 11.6 Å². The maximum atomic E-state index is 13.4. The molecule has 36 heavy (non-hydrogen) atoms. The van der Waals surface area contributed by atoms with Crippen molar-refractivity contribution in [3.63, 3.8) is 0 Å². The van der Waals surface area contributed by atoms with Gasteiger partial charge in [0.05, 0.1) is 17.6 Å². The molecule has 4 aromatic rings. The normalized spacial score (nSPS) is 16.1. The maximum Gasteiger partial charge on any atom is 0.274 e. The van der Waals surface area contributed by atoms with Gasteiger partial charge in [0.25, 0.3) is 5.56 Å². The SMILES string of the molecule is O=c1c2ccccc2c(Cc2ccc(Cl)cc2)nn1CC1CCCN1CCCCc1ccc(O)cc1. The van der Waals surface area contributed by atoms with Crippen LogP contribution in [-0.2, 0) is 19.4 Å². The van der Waals surface area contributed by atoms with Gasteiger partial charge in [0.15, 0.2) is 0 Å². The second kappa shape index (κ2) is 11.3. The zero-order valence-electron chi connectivity index (χ0n) is 20.4. The average Bonchev–Trinajstić information content (AvgIpc) is 3.34. The highest BCUT2D eigenvalue weighted by Crippen LogP contribution is 2.22. The second-order valence-electron chi connectivity index (χ2n) is 9.74. The molecule has 5 nitrogen and oxygen atoms in total. The molecule has 1 aliphatic rings. The molecule has 0 bridgehead atoms. The minimum Gasteiger partial charge on any atom is -0.508 e. The van der Waals surface area contributed by atoms with Crippen LogP contribution in [0.2, 0.25) is 5.02 Å². The van der Waals surface area contributed by atoms with Crippen LogP contribution in [-0.4, -0.2) is 38.9 Å². The lowest BCUT2D eigenvalue weighted by atomic mass is 10.0. The Morgan fingerprint density at radius 2 is 1.64 bits per heavy atom. The molecule has 0 aliphatic carbocycles. The van der Waals surface area contributed by atoms with Crippen molar-refractivity contribution in [1.29, 1.82) is 0 Å². The van der Waals surface area contributed by atoms with Crippen LogP contribution in [0.1, 0.15) is 42.5 Å². The minimum absolute atomic E-state index is 0.00960. The maximum absolute atomic E-state index is 13.4. The summed E-state index contributed by atoms with van der Waals surface area (Å²) >= 11 is 6.07. The van der Waals surface area contributed by atoms with Crippen molar-refractivity contribution in [2.75, 3.05) is 13.1 Å². The van der Waals surface area contributed by atoms with Crippen LogP contribution in [0.5, 0.6) is 5.75 Å². The summed E-state index contributed by atoms with van der Waals surface area (Å²) in [6.07, 6.45) is 6.13. The van der Waals surface area contributed by atoms with E-state index in [1.807, 2.05) is 60.7 Å². The van der Waals surface area contributed by atoms with Crippen LogP contribution in [0.3, 0.4) is 0 Å². The van der Waals surface area contributed by atoms with Crippen molar-refractivity contribution in [3.8, 4) is 5.75 Å². The van der Waals surface area contributed by atoms with Crippen LogP contribution in [0.25, 0.3) is 10.8 Å². The number of aryl methyl sites for hydroxylation is 1. The van der Waals surface area contributed by atoms with E-state index in [0.29, 0.717) is 29.8 Å². The van der Waals surface area contributed by atoms with E-state index in [1.165, 1.54) is 5.56 Å². The largest absolute Gasteiger partial charge is 0.508 e. The fraction of sp³-hybridized carbons (Fsp3) is 0.333. The minimum atomic E-state index is -0.00960. The number of aromatic hydroxyl groups is 1. The summed E-state index contributed by atoms with van der Waals surface area (Å²) in [4.78, 5) is 15.9. The number of likely N-dealkylation sites (tertiary alicyclic amines) is 1. The van der Waals surface area contributed by atoms with E-state index in [4.69, 9.17) is 16.7 Å². The second-order valence-corrected chi connectivity index (χ2v) is 10.2. The number of rotatable bonds is 9. The first-order chi connectivity index (χ1) is 17.6. The van der Waals surface area contributed by atoms with E-state index in [0.717, 1.165) is 67.2 Å². The number of aromatic nitrogens is 2. The van der Waals surface area contributed by atoms with Crippen molar-refractivity contribution < 1.29 is 5.11 Å². The number of fused-ring (bicyclic) bond motifs is 1. The lowest BCUT2D eigenvalue weighted by molar-refractivity contribution is 0.221. The standard InChI is InChI=1S/C30H32ClN3O2/c31-24-14-10-23(11-15-24)20-29-27-8-1-2-9-28(27)30(36)34(32-29)21-25-7-5-19-33(25)18-4-3-6-22-12-16-26(35)17-13-22/h1-2,8-17,25,35H,3-7,18-21H2. The van der Waals surface area contributed by atoms with Crippen molar-refractivity contribution in [1.82, 2.24) is 14.7 Å². The van der Waals surface area contributed by atoms with Gasteiger partial charge in [-0.15, -0.1) is 0 Å². The Morgan fingerprint density at radius 1 is 0.917 bits per heavy atom. The first-order valence-electron chi connectivity index (χ1n) is 12.8. The Kier molecular flexibility index (Phi) is 7.69. The first-order valence-corrected chi connectivity index (χ1v) is 13.2. The molecule has 0 radical (unpaired) electrons. The van der Waals surface area contributed by atoms with Gasteiger partial charge in [-0.3, -0.25) is 9.69 Å². The third kappa shape index (κ3) is 5.80. The molecule has 2 heterocycles. The smallest absolute Gasteiger partial charge is 0.274 e. The lowest BCUT2D eigenvalue weighted by Gasteiger charge is -2.25. The van der Waals surface area contributed by atoms with Gasteiger partial charge in [-0.2, -0.15) is 5.10 Å². The van der Waals surface area contributed by atoms with Gasteiger partial charge in [0.2, 0.25) is 0 Å². The van der Waals surface area contributed by atoms with Crippen molar-refractivity contribution in [3.05, 3.63) is 105 Å². The Hall–Kier alpha value is -3.15. The van der Waals surface area contributed by atoms with Gasteiger partial charge in [-0.05, 0) is 86.7 Å². The summed E-state index contributed by atoms with van der Waals surface area (Å²) in [6.45, 7) is 2.72. The number of hydrogen-bond acceptors (Lipinski definition) is 4. The Balaban J connectivity index is 1.29. The first kappa shape index (κ1) is 24.5. The molecule has 6 heteroatoms. The van der Waals surface area contributed by atoms with Gasteiger partial charge in [0.1, 0.15) is 5.75 Å². The lowest BCUT2D eigenvalue weighted by Crippen LogP contribution is -2.38. The van der Waals surface area contributed by atoms with Crippen LogP contribution in [0.4, 0.5) is 0 Å². The number of unbranched alkanes of at least 4 members (excludes halogenated alkanes) is 1. The van der Waals surface area contributed by atoms with Gasteiger partial charge < -0.3 is 5.11 Å². The van der Waals surface area contributed by atoms with E-state index in [1.54, 1.807) is 16.8 Å². The summed E-state index contributed by atoms with van der Waals surface area (Å²) < 4.78 is 1.70. The Labute approximate surface area is 217 Å². The third-order valence-corrected chi connectivity index (χ3v) is 7.46. The predicted molar refractivity (Wildman–Crippen MR) is 146 cm³/mol. The number of halogens is 1. The molecular weight excluding hydrogens is 470 g/mol. The van der Waals surface area contributed by atoms with E-state index < -0.39 is 0 Å². The molecule has 1 fully saturated rings. The third-order valence-electron chi connectivity index (χ3n) is 7.21. The quantitative estimate of drug-likeness (QED) is 0.293. The van der Waals surface area contributed by atoms with E-state index in [-0.39, 0.29) is 5.56 Å². The average molecular weight is 502 g/mol. The highest BCUT2D eigenvalue weighted by atomic mass is 35.5. The zero-order chi connectivity index (χ0) is 24.9. The van der Waals surface area contributed by atoms with Crippen LogP contribution < -0.4 is 5.56 Å². The molecule has 1 aliphatic heterocycles. The molecule has 1 saturated heterocycles. The molecule has 0 spiro atoms. The summed E-state index contributed by atoms with van der Waals surface area (Å²) in [7, 11) is 0. The van der Waals surface area contributed by atoms with Gasteiger partial charge in [-0.1, -0.05) is 54.1 Å². The molecule has 1 aromatic heterocycles. The Bertz CT molecular complexity index is 1370. The predicted octanol–water partition coefficient (Wildman–Crippen LogP) is 5.83. The summed E-state index contributed by atoms with van der Waals surface area (Å²) in [5.74, 6) is 0.313. The van der Waals surface area contributed by atoms with Crippen molar-refractivity contribution in [2.45, 2.75) is 51.1 Å². The highest BCUT2D eigenvalue weighted by Gasteiger charge is 2.25. The fourth-order valence-electron chi connectivity index (χ4n) is 5.26. The molecule has 0 saturated carbocycles. The fourth-order valence-corrected chi connectivity index (χ4v) is 5.38. The monoisotopic (exact) mass is 501 g/mol. The highest BCUT2D eigenvalue weighted by molar-refractivity contribution is 6.30. The topological polar surface area (TPSA) is 58.4 Å². The van der Waals surface area contributed by atoms with Crippen molar-refractivity contribution in [2.24, 2.45) is 0 Å². The van der Waals surface area contributed by atoms with E-state index in [2.05, 4.69) is 4.90 Å². The van der Waals surface area contributed by atoms with E-state index >= 15 is 0 Å². The number of nitrogens with zero attached hydrogens (tertiary/aromatic N) is 3. The molecule has 3 aromatic carbocycles. The van der Waals surface area contributed by atoms with Gasteiger partial charge in [-0.25, -0.2) is 4.68 Å².